The molecular formula is C12H20N4OS. The lowest BCUT2D eigenvalue weighted by molar-refractivity contribution is -0.124. The van der Waals surface area contributed by atoms with Crippen LogP contribution in [0.4, 0.5) is 0 Å². The summed E-state index contributed by atoms with van der Waals surface area (Å²) in [5.41, 5.74) is 6.00. The number of hydrogen-bond acceptors (Lipinski definition) is 4. The summed E-state index contributed by atoms with van der Waals surface area (Å²) < 4.78 is 1.84. The van der Waals surface area contributed by atoms with Gasteiger partial charge in [0.05, 0.1) is 10.7 Å². The third kappa shape index (κ3) is 2.40. The molecule has 0 bridgehead atoms. The van der Waals surface area contributed by atoms with Crippen LogP contribution in [0.25, 0.3) is 0 Å². The van der Waals surface area contributed by atoms with Gasteiger partial charge in [-0.25, -0.2) is 0 Å². The predicted octanol–water partition coefficient (Wildman–Crippen LogP) is 0.674. The van der Waals surface area contributed by atoms with Gasteiger partial charge < -0.3 is 11.1 Å². The molecule has 3 N–H and O–H groups in total. The topological polar surface area (TPSA) is 72.9 Å². The third-order valence-electron chi connectivity index (χ3n) is 3.57. The van der Waals surface area contributed by atoms with E-state index in [0.717, 1.165) is 23.6 Å². The third-order valence-corrected chi connectivity index (χ3v) is 4.84. The first kappa shape index (κ1) is 13.4. The van der Waals surface area contributed by atoms with Crippen LogP contribution in [0.5, 0.6) is 0 Å². The molecule has 0 saturated heterocycles. The van der Waals surface area contributed by atoms with E-state index in [4.69, 9.17) is 5.73 Å². The molecule has 5 nitrogen and oxygen atoms in total. The van der Waals surface area contributed by atoms with E-state index < -0.39 is 5.54 Å². The normalized spacial score (nSPS) is 18.6. The first-order valence-corrected chi connectivity index (χ1v) is 7.10. The van der Waals surface area contributed by atoms with E-state index in [1.54, 1.807) is 11.8 Å². The predicted molar refractivity (Wildman–Crippen MR) is 72.4 cm³/mol. The number of primary amides is 1. The minimum atomic E-state index is -0.581. The Kier molecular flexibility index (Phi) is 3.68. The number of rotatable bonds is 6. The van der Waals surface area contributed by atoms with E-state index >= 15 is 0 Å². The molecule has 1 saturated carbocycles. The smallest absolute Gasteiger partial charge is 0.238 e. The van der Waals surface area contributed by atoms with Gasteiger partial charge in [0, 0.05) is 12.8 Å². The highest BCUT2D eigenvalue weighted by Crippen LogP contribution is 2.42. The first-order valence-electron chi connectivity index (χ1n) is 6.12. The molecule has 100 valence electrons. The zero-order chi connectivity index (χ0) is 13.3. The van der Waals surface area contributed by atoms with Gasteiger partial charge in [-0.2, -0.15) is 5.10 Å². The Hall–Kier alpha value is -1.01. The first-order chi connectivity index (χ1) is 8.49. The van der Waals surface area contributed by atoms with Crippen molar-refractivity contribution in [2.75, 3.05) is 12.8 Å². The maximum atomic E-state index is 11.8. The number of amides is 1. The SMILES string of the molecule is CNC(CSc1cc(C)nn1C)(C(N)=O)C1CC1. The highest BCUT2D eigenvalue weighted by Gasteiger charge is 2.48. The Bertz CT molecular complexity index is 455. The Morgan fingerprint density at radius 3 is 2.78 bits per heavy atom. The zero-order valence-corrected chi connectivity index (χ0v) is 11.9. The van der Waals surface area contributed by atoms with Crippen molar-refractivity contribution < 1.29 is 4.79 Å². The van der Waals surface area contributed by atoms with Crippen LogP contribution in [0.3, 0.4) is 0 Å². The van der Waals surface area contributed by atoms with Crippen molar-refractivity contribution in [3.8, 4) is 0 Å². The van der Waals surface area contributed by atoms with E-state index in [9.17, 15) is 4.79 Å². The summed E-state index contributed by atoms with van der Waals surface area (Å²) in [4.78, 5) is 11.8. The number of aromatic nitrogens is 2. The fourth-order valence-electron chi connectivity index (χ4n) is 2.28. The van der Waals surface area contributed by atoms with Gasteiger partial charge in [-0.3, -0.25) is 9.48 Å². The van der Waals surface area contributed by atoms with Crippen LogP contribution < -0.4 is 11.1 Å². The van der Waals surface area contributed by atoms with E-state index in [2.05, 4.69) is 10.4 Å². The molecule has 0 spiro atoms. The molecule has 1 aromatic rings. The quantitative estimate of drug-likeness (QED) is 0.744. The number of nitrogens with one attached hydrogen (secondary N) is 1. The Morgan fingerprint density at radius 1 is 1.72 bits per heavy atom. The zero-order valence-electron chi connectivity index (χ0n) is 11.1. The van der Waals surface area contributed by atoms with Crippen LogP contribution in [0.15, 0.2) is 11.1 Å². The number of carbonyl (C=O) groups excluding carboxylic acids is 1. The molecule has 0 aromatic carbocycles. The minimum absolute atomic E-state index is 0.251. The summed E-state index contributed by atoms with van der Waals surface area (Å²) in [7, 11) is 3.73. The average molecular weight is 268 g/mol. The van der Waals surface area contributed by atoms with Crippen molar-refractivity contribution in [2.24, 2.45) is 18.7 Å². The molecular weight excluding hydrogens is 248 g/mol. The van der Waals surface area contributed by atoms with Crippen molar-refractivity contribution in [1.29, 1.82) is 0 Å². The van der Waals surface area contributed by atoms with Crippen molar-refractivity contribution in [3.63, 3.8) is 0 Å². The van der Waals surface area contributed by atoms with E-state index in [0.29, 0.717) is 11.7 Å². The van der Waals surface area contributed by atoms with Gasteiger partial charge in [0.15, 0.2) is 0 Å². The second-order valence-corrected chi connectivity index (χ2v) is 5.89. The summed E-state index contributed by atoms with van der Waals surface area (Å²) in [6.45, 7) is 1.96. The van der Waals surface area contributed by atoms with E-state index in [1.807, 2.05) is 31.8 Å². The van der Waals surface area contributed by atoms with Crippen molar-refractivity contribution in [2.45, 2.75) is 30.3 Å². The van der Waals surface area contributed by atoms with Crippen LogP contribution >= 0.6 is 11.8 Å². The molecule has 1 amide bonds. The molecule has 0 radical (unpaired) electrons. The summed E-state index contributed by atoms with van der Waals surface area (Å²) in [6.07, 6.45) is 2.16. The molecule has 18 heavy (non-hydrogen) atoms. The van der Waals surface area contributed by atoms with Crippen LogP contribution in [0.1, 0.15) is 18.5 Å². The van der Waals surface area contributed by atoms with Gasteiger partial charge >= 0.3 is 0 Å². The molecule has 2 rings (SSSR count). The standard InChI is InChI=1S/C12H20N4OS/c1-8-6-10(16(3)15-8)18-7-12(14-2,11(13)17)9-4-5-9/h6,9,14H,4-5,7H2,1-3H3,(H2,13,17). The largest absolute Gasteiger partial charge is 0.368 e. The lowest BCUT2D eigenvalue weighted by Gasteiger charge is -2.29. The molecule has 0 aliphatic heterocycles. The molecule has 1 heterocycles. The summed E-state index contributed by atoms with van der Waals surface area (Å²) in [5, 5.41) is 8.51. The lowest BCUT2D eigenvalue weighted by atomic mass is 9.95. The van der Waals surface area contributed by atoms with Gasteiger partial charge in [-0.15, -0.1) is 11.8 Å². The maximum absolute atomic E-state index is 11.8. The highest BCUT2D eigenvalue weighted by molar-refractivity contribution is 7.99. The second kappa shape index (κ2) is 4.93. The Labute approximate surface area is 111 Å². The molecule has 1 aliphatic carbocycles. The molecule has 1 aromatic heterocycles. The number of hydrogen-bond donors (Lipinski definition) is 2. The Balaban J connectivity index is 2.10. The summed E-state index contributed by atoms with van der Waals surface area (Å²) in [6, 6.07) is 2.03. The van der Waals surface area contributed by atoms with Crippen LogP contribution in [-0.2, 0) is 11.8 Å². The van der Waals surface area contributed by atoms with Crippen molar-refractivity contribution in [1.82, 2.24) is 15.1 Å². The molecule has 1 atom stereocenters. The number of carbonyl (C=O) groups is 1. The number of likely N-dealkylation sites (N-methyl/N-ethyl adjacent to an activating group) is 1. The van der Waals surface area contributed by atoms with Gasteiger partial charge in [-0.05, 0) is 38.8 Å². The van der Waals surface area contributed by atoms with Gasteiger partial charge in [-0.1, -0.05) is 0 Å². The highest BCUT2D eigenvalue weighted by atomic mass is 32.2. The molecule has 6 heteroatoms. The minimum Gasteiger partial charge on any atom is -0.368 e. The number of nitrogens with two attached hydrogens (primary N) is 1. The maximum Gasteiger partial charge on any atom is 0.238 e. The van der Waals surface area contributed by atoms with Gasteiger partial charge in [0.25, 0.3) is 0 Å². The van der Waals surface area contributed by atoms with Gasteiger partial charge in [0.1, 0.15) is 5.54 Å². The Morgan fingerprint density at radius 2 is 2.39 bits per heavy atom. The van der Waals surface area contributed by atoms with Crippen molar-refractivity contribution >= 4 is 17.7 Å². The van der Waals surface area contributed by atoms with E-state index in [-0.39, 0.29) is 5.91 Å². The summed E-state index contributed by atoms with van der Waals surface area (Å²) >= 11 is 1.63. The average Bonchev–Trinajstić information content (AvgIpc) is 3.08. The fraction of sp³-hybridized carbons (Fsp3) is 0.667. The van der Waals surface area contributed by atoms with E-state index in [1.165, 1.54) is 0 Å². The monoisotopic (exact) mass is 268 g/mol. The lowest BCUT2D eigenvalue weighted by Crippen LogP contribution is -2.57. The number of thioether (sulfide) groups is 1. The van der Waals surface area contributed by atoms with Crippen LogP contribution in [0, 0.1) is 12.8 Å². The fourth-order valence-corrected chi connectivity index (χ4v) is 3.65. The molecule has 1 aliphatic rings. The molecule has 1 fully saturated rings. The van der Waals surface area contributed by atoms with Gasteiger partial charge in [0.2, 0.25) is 5.91 Å². The summed E-state index contributed by atoms with van der Waals surface area (Å²) in [5.74, 6) is 0.781. The van der Waals surface area contributed by atoms with Crippen LogP contribution in [0.2, 0.25) is 0 Å². The van der Waals surface area contributed by atoms with Crippen molar-refractivity contribution in [3.05, 3.63) is 11.8 Å². The second-order valence-electron chi connectivity index (χ2n) is 4.90. The van der Waals surface area contributed by atoms with Crippen LogP contribution in [-0.4, -0.2) is 34.0 Å². The molecule has 1 unspecified atom stereocenters. The number of nitrogens with zero attached hydrogens (tertiary/aromatic N) is 2. The number of aryl methyl sites for hydroxylation is 2.